The second-order valence-corrected chi connectivity index (χ2v) is 4.05. The van der Waals surface area contributed by atoms with Crippen molar-refractivity contribution in [3.63, 3.8) is 0 Å². The summed E-state index contributed by atoms with van der Waals surface area (Å²) in [6.07, 6.45) is 2.42. The first kappa shape index (κ1) is 12.2. The fraction of sp³-hybridized carbons (Fsp3) is 0.538. The minimum Gasteiger partial charge on any atom is -0.392 e. The highest BCUT2D eigenvalue weighted by atomic mass is 16.3. The minimum atomic E-state index is 0.123. The third-order valence-electron chi connectivity index (χ3n) is 2.55. The standard InChI is InChI=1S/C13H21NO/c1-3-5-11(2)14-9-12-6-4-7-13(8-12)10-15/h4,6-8,11,14-15H,3,5,9-10H2,1-2H3. The summed E-state index contributed by atoms with van der Waals surface area (Å²) in [6, 6.07) is 8.63. The van der Waals surface area contributed by atoms with E-state index in [0.29, 0.717) is 6.04 Å². The van der Waals surface area contributed by atoms with Crippen LogP contribution in [-0.4, -0.2) is 11.1 Å². The van der Waals surface area contributed by atoms with Gasteiger partial charge in [-0.3, -0.25) is 0 Å². The molecule has 2 N–H and O–H groups in total. The van der Waals surface area contributed by atoms with E-state index in [4.69, 9.17) is 5.11 Å². The number of hydrogen-bond donors (Lipinski definition) is 2. The lowest BCUT2D eigenvalue weighted by atomic mass is 10.1. The maximum absolute atomic E-state index is 9.00. The van der Waals surface area contributed by atoms with Gasteiger partial charge in [0, 0.05) is 12.6 Å². The average molecular weight is 207 g/mol. The molecule has 0 aliphatic carbocycles. The molecule has 1 rings (SSSR count). The Balaban J connectivity index is 2.43. The molecule has 0 fully saturated rings. The van der Waals surface area contributed by atoms with Crippen molar-refractivity contribution in [2.24, 2.45) is 0 Å². The number of rotatable bonds is 6. The molecule has 15 heavy (non-hydrogen) atoms. The second-order valence-electron chi connectivity index (χ2n) is 4.05. The average Bonchev–Trinajstić information content (AvgIpc) is 2.27. The summed E-state index contributed by atoms with van der Waals surface area (Å²) in [4.78, 5) is 0. The quantitative estimate of drug-likeness (QED) is 0.751. The van der Waals surface area contributed by atoms with Crippen LogP contribution in [0.1, 0.15) is 37.8 Å². The Kier molecular flexibility index (Phi) is 5.37. The lowest BCUT2D eigenvalue weighted by Crippen LogP contribution is -2.25. The highest BCUT2D eigenvalue weighted by Crippen LogP contribution is 2.06. The summed E-state index contributed by atoms with van der Waals surface area (Å²) in [6.45, 7) is 5.41. The SMILES string of the molecule is CCCC(C)NCc1cccc(CO)c1. The van der Waals surface area contributed by atoms with Crippen molar-refractivity contribution in [1.29, 1.82) is 0 Å². The maximum atomic E-state index is 9.00. The van der Waals surface area contributed by atoms with E-state index in [-0.39, 0.29) is 6.61 Å². The molecule has 1 aromatic rings. The van der Waals surface area contributed by atoms with E-state index in [0.717, 1.165) is 12.1 Å². The Labute approximate surface area is 92.3 Å². The zero-order valence-electron chi connectivity index (χ0n) is 9.66. The molecule has 0 radical (unpaired) electrons. The van der Waals surface area contributed by atoms with Gasteiger partial charge in [-0.15, -0.1) is 0 Å². The summed E-state index contributed by atoms with van der Waals surface area (Å²) >= 11 is 0. The Morgan fingerprint density at radius 3 is 2.73 bits per heavy atom. The lowest BCUT2D eigenvalue weighted by Gasteiger charge is -2.12. The lowest BCUT2D eigenvalue weighted by molar-refractivity contribution is 0.281. The van der Waals surface area contributed by atoms with Crippen molar-refractivity contribution in [2.75, 3.05) is 0 Å². The van der Waals surface area contributed by atoms with Gasteiger partial charge in [-0.25, -0.2) is 0 Å². The molecule has 2 heteroatoms. The van der Waals surface area contributed by atoms with E-state index < -0.39 is 0 Å². The molecule has 0 heterocycles. The van der Waals surface area contributed by atoms with Crippen molar-refractivity contribution in [2.45, 2.75) is 45.9 Å². The van der Waals surface area contributed by atoms with E-state index in [2.05, 4.69) is 25.2 Å². The van der Waals surface area contributed by atoms with Crippen molar-refractivity contribution in [1.82, 2.24) is 5.32 Å². The third kappa shape index (κ3) is 4.45. The van der Waals surface area contributed by atoms with Gasteiger partial charge < -0.3 is 10.4 Å². The number of benzene rings is 1. The predicted molar refractivity (Wildman–Crippen MR) is 63.6 cm³/mol. The first-order chi connectivity index (χ1) is 7.26. The Bertz CT molecular complexity index is 286. The van der Waals surface area contributed by atoms with Gasteiger partial charge in [-0.1, -0.05) is 37.6 Å². The van der Waals surface area contributed by atoms with Gasteiger partial charge >= 0.3 is 0 Å². The minimum absolute atomic E-state index is 0.123. The molecule has 1 unspecified atom stereocenters. The molecule has 0 bridgehead atoms. The molecule has 84 valence electrons. The molecule has 2 nitrogen and oxygen atoms in total. The van der Waals surface area contributed by atoms with E-state index in [1.54, 1.807) is 0 Å². The summed E-state index contributed by atoms with van der Waals surface area (Å²) in [7, 11) is 0. The second kappa shape index (κ2) is 6.59. The zero-order valence-corrected chi connectivity index (χ0v) is 9.66. The maximum Gasteiger partial charge on any atom is 0.0681 e. The van der Waals surface area contributed by atoms with Crippen LogP contribution in [0.3, 0.4) is 0 Å². The molecule has 1 atom stereocenters. The van der Waals surface area contributed by atoms with Crippen molar-refractivity contribution >= 4 is 0 Å². The topological polar surface area (TPSA) is 32.3 Å². The Morgan fingerprint density at radius 2 is 2.07 bits per heavy atom. The summed E-state index contributed by atoms with van der Waals surface area (Å²) in [5, 5.41) is 12.5. The van der Waals surface area contributed by atoms with Crippen LogP contribution in [-0.2, 0) is 13.2 Å². The summed E-state index contributed by atoms with van der Waals surface area (Å²) < 4.78 is 0. The molecule has 0 saturated heterocycles. The molecular formula is C13H21NO. The smallest absolute Gasteiger partial charge is 0.0681 e. The van der Waals surface area contributed by atoms with Gasteiger partial charge in [0.05, 0.1) is 6.61 Å². The predicted octanol–water partition coefficient (Wildman–Crippen LogP) is 2.46. The van der Waals surface area contributed by atoms with Crippen LogP contribution < -0.4 is 5.32 Å². The molecule has 0 saturated carbocycles. The first-order valence-electron chi connectivity index (χ1n) is 5.68. The zero-order chi connectivity index (χ0) is 11.1. The van der Waals surface area contributed by atoms with Gasteiger partial charge in [0.2, 0.25) is 0 Å². The summed E-state index contributed by atoms with van der Waals surface area (Å²) in [5.74, 6) is 0. The fourth-order valence-corrected chi connectivity index (χ4v) is 1.67. The van der Waals surface area contributed by atoms with Crippen molar-refractivity contribution in [3.8, 4) is 0 Å². The first-order valence-corrected chi connectivity index (χ1v) is 5.68. The molecule has 0 amide bonds. The molecule has 0 aromatic heterocycles. The number of nitrogens with one attached hydrogen (secondary N) is 1. The largest absolute Gasteiger partial charge is 0.392 e. The van der Waals surface area contributed by atoms with Crippen LogP contribution in [0.25, 0.3) is 0 Å². The van der Waals surface area contributed by atoms with Crippen LogP contribution in [0.2, 0.25) is 0 Å². The number of aliphatic hydroxyl groups excluding tert-OH is 1. The van der Waals surface area contributed by atoms with Gasteiger partial charge in [-0.05, 0) is 24.5 Å². The molecule has 0 spiro atoms. The normalized spacial score (nSPS) is 12.7. The van der Waals surface area contributed by atoms with Crippen LogP contribution in [0.5, 0.6) is 0 Å². The van der Waals surface area contributed by atoms with E-state index in [9.17, 15) is 0 Å². The van der Waals surface area contributed by atoms with Gasteiger partial charge in [0.1, 0.15) is 0 Å². The monoisotopic (exact) mass is 207 g/mol. The fourth-order valence-electron chi connectivity index (χ4n) is 1.67. The van der Waals surface area contributed by atoms with Crippen LogP contribution in [0.15, 0.2) is 24.3 Å². The van der Waals surface area contributed by atoms with Crippen LogP contribution in [0.4, 0.5) is 0 Å². The van der Waals surface area contributed by atoms with E-state index in [1.165, 1.54) is 18.4 Å². The van der Waals surface area contributed by atoms with Crippen LogP contribution >= 0.6 is 0 Å². The Hall–Kier alpha value is -0.860. The summed E-state index contributed by atoms with van der Waals surface area (Å²) in [5.41, 5.74) is 2.22. The molecule has 0 aliphatic heterocycles. The highest BCUT2D eigenvalue weighted by molar-refractivity contribution is 5.22. The third-order valence-corrected chi connectivity index (χ3v) is 2.55. The van der Waals surface area contributed by atoms with E-state index >= 15 is 0 Å². The van der Waals surface area contributed by atoms with Crippen LogP contribution in [0, 0.1) is 0 Å². The van der Waals surface area contributed by atoms with Gasteiger partial charge in [-0.2, -0.15) is 0 Å². The number of aliphatic hydroxyl groups is 1. The molecule has 0 aliphatic rings. The van der Waals surface area contributed by atoms with Crippen molar-refractivity contribution in [3.05, 3.63) is 35.4 Å². The van der Waals surface area contributed by atoms with E-state index in [1.807, 2.05) is 18.2 Å². The van der Waals surface area contributed by atoms with Gasteiger partial charge in [0.15, 0.2) is 0 Å². The highest BCUT2D eigenvalue weighted by Gasteiger charge is 2.00. The molecule has 1 aromatic carbocycles. The number of hydrogen-bond acceptors (Lipinski definition) is 2. The Morgan fingerprint density at radius 1 is 1.33 bits per heavy atom. The van der Waals surface area contributed by atoms with Crippen molar-refractivity contribution < 1.29 is 5.11 Å². The molecular weight excluding hydrogens is 186 g/mol. The van der Waals surface area contributed by atoms with Gasteiger partial charge in [0.25, 0.3) is 0 Å².